The minimum Gasteiger partial charge on any atom is -0.443 e. The van der Waals surface area contributed by atoms with Gasteiger partial charge in [-0.1, -0.05) is 24.3 Å². The number of hydrogen-bond donors (Lipinski definition) is 0. The molecule has 0 saturated carbocycles. The molecule has 2 amide bonds. The molecule has 0 fully saturated rings. The fraction of sp³-hybridized carbons (Fsp3) is 0.522. The van der Waals surface area contributed by atoms with E-state index in [1.165, 1.54) is 4.90 Å². The van der Waals surface area contributed by atoms with Gasteiger partial charge in [0, 0.05) is 18.8 Å². The third-order valence-corrected chi connectivity index (χ3v) is 4.10. The molecule has 0 unspecified atom stereocenters. The molecule has 0 aliphatic carbocycles. The van der Waals surface area contributed by atoms with Crippen LogP contribution in [0.1, 0.15) is 53.5 Å². The molecular formula is C23H33N3O4. The second kappa shape index (κ2) is 9.32. The van der Waals surface area contributed by atoms with Crippen LogP contribution >= 0.6 is 0 Å². The van der Waals surface area contributed by atoms with E-state index in [4.69, 9.17) is 9.47 Å². The fourth-order valence-corrected chi connectivity index (χ4v) is 3.06. The van der Waals surface area contributed by atoms with E-state index in [0.29, 0.717) is 6.54 Å². The Morgan fingerprint density at radius 1 is 1.13 bits per heavy atom. The van der Waals surface area contributed by atoms with Crippen molar-refractivity contribution in [3.63, 3.8) is 0 Å². The maximum Gasteiger partial charge on any atom is 0.437 e. The van der Waals surface area contributed by atoms with Crippen molar-refractivity contribution in [2.75, 3.05) is 18.0 Å². The number of para-hydroxylation sites is 1. The fourth-order valence-electron chi connectivity index (χ4n) is 3.06. The van der Waals surface area contributed by atoms with E-state index >= 15 is 0 Å². The van der Waals surface area contributed by atoms with Crippen LogP contribution in [0.4, 0.5) is 15.3 Å². The first kappa shape index (κ1) is 23.4. The molecule has 1 aromatic carbocycles. The minimum atomic E-state index is -0.766. The van der Waals surface area contributed by atoms with E-state index < -0.39 is 23.4 Å². The van der Waals surface area contributed by atoms with Gasteiger partial charge in [-0.2, -0.15) is 0 Å². The molecular weight excluding hydrogens is 382 g/mol. The Morgan fingerprint density at radius 3 is 2.37 bits per heavy atom. The monoisotopic (exact) mass is 415 g/mol. The van der Waals surface area contributed by atoms with Crippen molar-refractivity contribution in [3.8, 4) is 0 Å². The summed E-state index contributed by atoms with van der Waals surface area (Å²) in [4.78, 5) is 33.0. The van der Waals surface area contributed by atoms with Gasteiger partial charge in [0.05, 0.1) is 0 Å². The molecule has 0 saturated heterocycles. The zero-order valence-electron chi connectivity index (χ0n) is 18.9. The van der Waals surface area contributed by atoms with E-state index in [2.05, 4.69) is 11.6 Å². The molecule has 7 nitrogen and oxygen atoms in total. The summed E-state index contributed by atoms with van der Waals surface area (Å²) in [6.07, 6.45) is 1.98. The number of rotatable bonds is 2. The van der Waals surface area contributed by atoms with E-state index in [9.17, 15) is 9.59 Å². The first-order valence-electron chi connectivity index (χ1n) is 10.2. The highest BCUT2D eigenvalue weighted by Gasteiger charge is 2.32. The Labute approximate surface area is 179 Å². The van der Waals surface area contributed by atoms with Crippen molar-refractivity contribution in [2.45, 2.75) is 65.6 Å². The van der Waals surface area contributed by atoms with E-state index in [-0.39, 0.29) is 12.5 Å². The van der Waals surface area contributed by atoms with Crippen molar-refractivity contribution in [1.82, 2.24) is 4.90 Å². The van der Waals surface area contributed by atoms with Gasteiger partial charge < -0.3 is 14.4 Å². The van der Waals surface area contributed by atoms with E-state index in [0.717, 1.165) is 24.1 Å². The van der Waals surface area contributed by atoms with E-state index in [1.54, 1.807) is 47.6 Å². The number of aryl methyl sites for hydroxylation is 1. The van der Waals surface area contributed by atoms with Crippen LogP contribution in [0, 0.1) is 0 Å². The van der Waals surface area contributed by atoms with Gasteiger partial charge in [0.15, 0.2) is 0 Å². The van der Waals surface area contributed by atoms with Crippen molar-refractivity contribution < 1.29 is 19.1 Å². The molecule has 7 heteroatoms. The summed E-state index contributed by atoms with van der Waals surface area (Å²) < 4.78 is 11.0. The SMILES string of the molecule is C=CCN(C(=O)OC(C)(C)C)/C(=N/C(=O)OC(C)(C)C)N1CCCc2ccccc21. The summed E-state index contributed by atoms with van der Waals surface area (Å²) in [7, 11) is 0. The second-order valence-corrected chi connectivity index (χ2v) is 9.16. The highest BCUT2D eigenvalue weighted by molar-refractivity contribution is 6.08. The van der Waals surface area contributed by atoms with Crippen molar-refractivity contribution in [1.29, 1.82) is 0 Å². The van der Waals surface area contributed by atoms with Crippen LogP contribution in [0.2, 0.25) is 0 Å². The number of hydrogen-bond acceptors (Lipinski definition) is 4. The predicted octanol–water partition coefficient (Wildman–Crippen LogP) is 5.15. The Balaban J connectivity index is 2.53. The number of aliphatic imine (C=N–C) groups is 1. The Bertz CT molecular complexity index is 818. The van der Waals surface area contributed by atoms with Gasteiger partial charge in [-0.05, 0) is 66.0 Å². The van der Waals surface area contributed by atoms with Crippen LogP contribution in [-0.4, -0.2) is 47.3 Å². The lowest BCUT2D eigenvalue weighted by Gasteiger charge is -2.36. The molecule has 0 bridgehead atoms. The summed E-state index contributed by atoms with van der Waals surface area (Å²) in [5.41, 5.74) is 0.626. The quantitative estimate of drug-likeness (QED) is 0.379. The van der Waals surface area contributed by atoms with Gasteiger partial charge in [0.25, 0.3) is 0 Å². The molecule has 0 N–H and O–H groups in total. The van der Waals surface area contributed by atoms with Crippen LogP contribution in [0.25, 0.3) is 0 Å². The lowest BCUT2D eigenvalue weighted by atomic mass is 10.0. The highest BCUT2D eigenvalue weighted by Crippen LogP contribution is 2.28. The molecule has 1 heterocycles. The van der Waals surface area contributed by atoms with Crippen LogP contribution in [0.5, 0.6) is 0 Å². The number of benzene rings is 1. The molecule has 164 valence electrons. The van der Waals surface area contributed by atoms with Crippen molar-refractivity contribution in [3.05, 3.63) is 42.5 Å². The molecule has 30 heavy (non-hydrogen) atoms. The predicted molar refractivity (Wildman–Crippen MR) is 119 cm³/mol. The summed E-state index contributed by atoms with van der Waals surface area (Å²) in [5.74, 6) is 0.172. The number of guanidine groups is 1. The first-order chi connectivity index (χ1) is 13.9. The average molecular weight is 416 g/mol. The van der Waals surface area contributed by atoms with Gasteiger partial charge in [-0.15, -0.1) is 11.6 Å². The van der Waals surface area contributed by atoms with Gasteiger partial charge >= 0.3 is 12.2 Å². The average Bonchev–Trinajstić information content (AvgIpc) is 2.61. The van der Waals surface area contributed by atoms with Crippen LogP contribution < -0.4 is 4.90 Å². The number of fused-ring (bicyclic) bond motifs is 1. The molecule has 2 rings (SSSR count). The van der Waals surface area contributed by atoms with Gasteiger partial charge in [-0.3, -0.25) is 0 Å². The van der Waals surface area contributed by atoms with Crippen molar-refractivity contribution >= 4 is 23.8 Å². The lowest BCUT2D eigenvalue weighted by molar-refractivity contribution is 0.0380. The normalized spacial score (nSPS) is 14.6. The van der Waals surface area contributed by atoms with Crippen LogP contribution in [-0.2, 0) is 15.9 Å². The van der Waals surface area contributed by atoms with Gasteiger partial charge in [0.2, 0.25) is 5.96 Å². The maximum atomic E-state index is 13.0. The molecule has 0 aromatic heterocycles. The van der Waals surface area contributed by atoms with Gasteiger partial charge in [-0.25, -0.2) is 14.5 Å². The summed E-state index contributed by atoms with van der Waals surface area (Å²) in [6, 6.07) is 7.90. The zero-order valence-corrected chi connectivity index (χ0v) is 18.9. The third kappa shape index (κ3) is 6.61. The Morgan fingerprint density at radius 2 is 1.77 bits per heavy atom. The molecule has 0 spiro atoms. The summed E-state index contributed by atoms with van der Waals surface area (Å²) in [6.45, 7) is 15.2. The van der Waals surface area contributed by atoms with Crippen LogP contribution in [0.3, 0.4) is 0 Å². The highest BCUT2D eigenvalue weighted by atomic mass is 16.6. The number of carbonyl (C=O) groups excluding carboxylic acids is 2. The van der Waals surface area contributed by atoms with Gasteiger partial charge in [0.1, 0.15) is 11.2 Å². The molecule has 0 atom stereocenters. The lowest BCUT2D eigenvalue weighted by Crippen LogP contribution is -2.51. The first-order valence-corrected chi connectivity index (χ1v) is 10.2. The number of ether oxygens (including phenoxy) is 2. The number of carbonyl (C=O) groups is 2. The Kier molecular flexibility index (Phi) is 7.29. The molecule has 1 aromatic rings. The molecule has 1 aliphatic heterocycles. The number of anilines is 1. The van der Waals surface area contributed by atoms with Crippen LogP contribution in [0.15, 0.2) is 41.9 Å². The molecule has 1 aliphatic rings. The number of amides is 2. The topological polar surface area (TPSA) is 71.4 Å². The number of nitrogens with zero attached hydrogens (tertiary/aromatic N) is 3. The summed E-state index contributed by atoms with van der Waals surface area (Å²) >= 11 is 0. The smallest absolute Gasteiger partial charge is 0.437 e. The second-order valence-electron chi connectivity index (χ2n) is 9.16. The van der Waals surface area contributed by atoms with Crippen molar-refractivity contribution in [2.24, 2.45) is 4.99 Å². The molecule has 0 radical (unpaired) electrons. The third-order valence-electron chi connectivity index (χ3n) is 4.10. The standard InChI is InChI=1S/C23H33N3O4/c1-8-15-26(21(28)30-23(5,6)7)19(24-20(27)29-22(2,3)4)25-16-11-13-17-12-9-10-14-18(17)25/h8-10,12,14H,1,11,13,15-16H2,2-7H3/b24-19+. The van der Waals surface area contributed by atoms with E-state index in [1.807, 2.05) is 29.2 Å². The minimum absolute atomic E-state index is 0.134. The Hall–Kier alpha value is -2.83. The summed E-state index contributed by atoms with van der Waals surface area (Å²) in [5, 5.41) is 0. The largest absolute Gasteiger partial charge is 0.443 e. The zero-order chi connectivity index (χ0) is 22.5. The maximum absolute atomic E-state index is 13.0.